The molecule has 35 heavy (non-hydrogen) atoms. The van der Waals surface area contributed by atoms with Crippen molar-refractivity contribution in [2.45, 2.75) is 45.1 Å². The number of ether oxygens (including phenoxy) is 1. The molecule has 9 heteroatoms. The molecule has 0 aliphatic heterocycles. The molecule has 0 N–H and O–H groups in total. The number of amides is 1. The lowest BCUT2D eigenvalue weighted by Gasteiger charge is -2.22. The quantitative estimate of drug-likeness (QED) is 0.416. The van der Waals surface area contributed by atoms with Gasteiger partial charge in [-0.1, -0.05) is 23.7 Å². The van der Waals surface area contributed by atoms with Gasteiger partial charge in [0.05, 0.1) is 29.8 Å². The largest absolute Gasteiger partial charge is 0.456 e. The number of benzene rings is 2. The van der Waals surface area contributed by atoms with Crippen LogP contribution < -0.4 is 10.5 Å². The van der Waals surface area contributed by atoms with Crippen LogP contribution in [-0.4, -0.2) is 34.6 Å². The highest BCUT2D eigenvalue weighted by molar-refractivity contribution is 6.31. The van der Waals surface area contributed by atoms with Crippen LogP contribution in [-0.2, 0) is 20.7 Å². The fourth-order valence-corrected chi connectivity index (χ4v) is 4.06. The van der Waals surface area contributed by atoms with Crippen molar-refractivity contribution in [2.24, 2.45) is 0 Å². The minimum absolute atomic E-state index is 0.0109. The molecular formula is C26H25ClN4O4. The van der Waals surface area contributed by atoms with Crippen LogP contribution >= 0.6 is 11.6 Å². The number of fused-ring (bicyclic) bond motifs is 1. The van der Waals surface area contributed by atoms with Gasteiger partial charge >= 0.3 is 5.97 Å². The van der Waals surface area contributed by atoms with Crippen LogP contribution in [0, 0.1) is 18.3 Å². The molecule has 1 saturated carbocycles. The fourth-order valence-electron chi connectivity index (χ4n) is 3.94. The number of halogens is 1. The Morgan fingerprint density at radius 1 is 1.26 bits per heavy atom. The Balaban J connectivity index is 1.41. The van der Waals surface area contributed by atoms with Crippen LogP contribution in [0.4, 0.5) is 5.69 Å². The van der Waals surface area contributed by atoms with Gasteiger partial charge in [0.25, 0.3) is 11.5 Å². The van der Waals surface area contributed by atoms with Gasteiger partial charge in [-0.2, -0.15) is 5.26 Å². The summed E-state index contributed by atoms with van der Waals surface area (Å²) in [7, 11) is 0. The average Bonchev–Trinajstić information content (AvgIpc) is 3.69. The lowest BCUT2D eigenvalue weighted by molar-refractivity contribution is -0.147. The zero-order chi connectivity index (χ0) is 24.9. The third kappa shape index (κ3) is 5.69. The maximum atomic E-state index is 13.0. The molecular weight excluding hydrogens is 468 g/mol. The van der Waals surface area contributed by atoms with Gasteiger partial charge in [0.15, 0.2) is 6.61 Å². The maximum Gasteiger partial charge on any atom is 0.306 e. The van der Waals surface area contributed by atoms with Gasteiger partial charge in [0.1, 0.15) is 5.82 Å². The van der Waals surface area contributed by atoms with Crippen molar-refractivity contribution >= 4 is 40.1 Å². The minimum atomic E-state index is -0.560. The summed E-state index contributed by atoms with van der Waals surface area (Å²) >= 11 is 6.08. The molecule has 0 saturated heterocycles. The smallest absolute Gasteiger partial charge is 0.306 e. The molecule has 1 aliphatic rings. The first-order valence-electron chi connectivity index (χ1n) is 11.5. The Labute approximate surface area is 207 Å². The van der Waals surface area contributed by atoms with E-state index >= 15 is 0 Å². The summed E-state index contributed by atoms with van der Waals surface area (Å²) in [4.78, 5) is 44.3. The molecule has 0 unspecified atom stereocenters. The average molecular weight is 493 g/mol. The van der Waals surface area contributed by atoms with Gasteiger partial charge in [-0.15, -0.1) is 0 Å². The van der Waals surface area contributed by atoms with Crippen LogP contribution in [0.2, 0.25) is 5.02 Å². The SMILES string of the molecule is Cc1cc(N(CCC#N)C(=O)COC(=O)CCc2nc3ccccc3c(=O)n2C2CC2)ccc1Cl. The van der Waals surface area contributed by atoms with Crippen LogP contribution in [0.3, 0.4) is 0 Å². The fraction of sp³-hybridized carbons (Fsp3) is 0.346. The molecule has 0 bridgehead atoms. The van der Waals surface area contributed by atoms with Gasteiger partial charge in [-0.05, 0) is 55.7 Å². The lowest BCUT2D eigenvalue weighted by Crippen LogP contribution is -2.35. The van der Waals surface area contributed by atoms with Crippen molar-refractivity contribution in [2.75, 3.05) is 18.1 Å². The monoisotopic (exact) mass is 492 g/mol. The summed E-state index contributed by atoms with van der Waals surface area (Å²) in [6.07, 6.45) is 2.18. The Kier molecular flexibility index (Phi) is 7.47. The predicted octanol–water partition coefficient (Wildman–Crippen LogP) is 4.12. The zero-order valence-corrected chi connectivity index (χ0v) is 20.1. The number of para-hydroxylation sites is 1. The molecule has 0 spiro atoms. The molecule has 180 valence electrons. The number of nitriles is 1. The number of esters is 1. The minimum Gasteiger partial charge on any atom is -0.456 e. The van der Waals surface area contributed by atoms with E-state index in [1.807, 2.05) is 25.1 Å². The van der Waals surface area contributed by atoms with E-state index in [4.69, 9.17) is 21.6 Å². The van der Waals surface area contributed by atoms with Crippen LogP contribution in [0.5, 0.6) is 0 Å². The van der Waals surface area contributed by atoms with Gasteiger partial charge in [0, 0.05) is 29.7 Å². The lowest BCUT2D eigenvalue weighted by atomic mass is 10.2. The summed E-state index contributed by atoms with van der Waals surface area (Å²) < 4.78 is 6.93. The number of nitrogens with zero attached hydrogens (tertiary/aromatic N) is 4. The van der Waals surface area contributed by atoms with Crippen LogP contribution in [0.1, 0.15) is 43.1 Å². The van der Waals surface area contributed by atoms with Crippen LogP contribution in [0.15, 0.2) is 47.3 Å². The van der Waals surface area contributed by atoms with Gasteiger partial charge in [0.2, 0.25) is 0 Å². The third-order valence-corrected chi connectivity index (χ3v) is 6.33. The highest BCUT2D eigenvalue weighted by Crippen LogP contribution is 2.35. The van der Waals surface area contributed by atoms with E-state index in [9.17, 15) is 14.4 Å². The number of hydrogen-bond donors (Lipinski definition) is 0. The van der Waals surface area contributed by atoms with Crippen molar-refractivity contribution in [1.82, 2.24) is 9.55 Å². The molecule has 1 aliphatic carbocycles. The number of anilines is 1. The van der Waals surface area contributed by atoms with Crippen molar-refractivity contribution in [3.63, 3.8) is 0 Å². The number of aromatic nitrogens is 2. The first-order valence-corrected chi connectivity index (χ1v) is 11.9. The van der Waals surface area contributed by atoms with Crippen molar-refractivity contribution in [3.8, 4) is 6.07 Å². The summed E-state index contributed by atoms with van der Waals surface area (Å²) in [5.41, 5.74) is 1.87. The molecule has 3 aromatic rings. The van der Waals surface area contributed by atoms with E-state index in [1.54, 1.807) is 34.9 Å². The van der Waals surface area contributed by atoms with E-state index in [-0.39, 0.29) is 37.4 Å². The summed E-state index contributed by atoms with van der Waals surface area (Å²) in [5.74, 6) is -0.448. The Morgan fingerprint density at radius 2 is 2.03 bits per heavy atom. The Morgan fingerprint density at radius 3 is 2.74 bits per heavy atom. The second-order valence-corrected chi connectivity index (χ2v) is 8.91. The van der Waals surface area contributed by atoms with Crippen LogP contribution in [0.25, 0.3) is 10.9 Å². The normalized spacial score (nSPS) is 12.8. The van der Waals surface area contributed by atoms with E-state index in [1.165, 1.54) is 4.90 Å². The molecule has 0 radical (unpaired) electrons. The summed E-state index contributed by atoms with van der Waals surface area (Å²) in [5, 5.41) is 10.1. The zero-order valence-electron chi connectivity index (χ0n) is 19.4. The molecule has 4 rings (SSSR count). The summed E-state index contributed by atoms with van der Waals surface area (Å²) in [6.45, 7) is 1.54. The topological polar surface area (TPSA) is 105 Å². The third-order valence-electron chi connectivity index (χ3n) is 5.90. The highest BCUT2D eigenvalue weighted by Gasteiger charge is 2.28. The van der Waals surface area contributed by atoms with E-state index in [2.05, 4.69) is 4.98 Å². The second kappa shape index (κ2) is 10.7. The number of hydrogen-bond acceptors (Lipinski definition) is 6. The van der Waals surface area contributed by atoms with Crippen molar-refractivity contribution < 1.29 is 14.3 Å². The standard InChI is InChI=1S/C26H25ClN4O4/c1-17-15-19(9-10-21(17)27)30(14-4-13-28)24(32)16-35-25(33)12-11-23-29-22-6-3-2-5-20(22)26(34)31(23)18-7-8-18/h2-3,5-6,9-10,15,18H,4,7-8,11-12,14,16H2,1H3. The van der Waals surface area contributed by atoms with Gasteiger partial charge in [-0.25, -0.2) is 4.98 Å². The van der Waals surface area contributed by atoms with E-state index in [0.717, 1.165) is 18.4 Å². The summed E-state index contributed by atoms with van der Waals surface area (Å²) in [6, 6.07) is 14.4. The van der Waals surface area contributed by atoms with Gasteiger partial charge in [-0.3, -0.25) is 19.0 Å². The number of aryl methyl sites for hydroxylation is 2. The predicted molar refractivity (Wildman–Crippen MR) is 132 cm³/mol. The van der Waals surface area contributed by atoms with E-state index < -0.39 is 18.5 Å². The maximum absolute atomic E-state index is 13.0. The number of rotatable bonds is 9. The number of carbonyl (C=O) groups is 2. The van der Waals surface area contributed by atoms with Crippen molar-refractivity contribution in [1.29, 1.82) is 5.26 Å². The molecule has 8 nitrogen and oxygen atoms in total. The Hall–Kier alpha value is -3.70. The highest BCUT2D eigenvalue weighted by atomic mass is 35.5. The van der Waals surface area contributed by atoms with E-state index in [0.29, 0.717) is 27.4 Å². The van der Waals surface area contributed by atoms with Crippen molar-refractivity contribution in [3.05, 3.63) is 69.2 Å². The molecule has 1 amide bonds. The molecule has 1 fully saturated rings. The molecule has 0 atom stereocenters. The van der Waals surface area contributed by atoms with Gasteiger partial charge < -0.3 is 9.64 Å². The molecule has 2 aromatic carbocycles. The first-order chi connectivity index (χ1) is 16.9. The molecule has 1 aromatic heterocycles. The first kappa shape index (κ1) is 24.4. The Bertz CT molecular complexity index is 1370. The molecule has 1 heterocycles. The number of carbonyl (C=O) groups excluding carboxylic acids is 2. The second-order valence-electron chi connectivity index (χ2n) is 8.50.